The summed E-state index contributed by atoms with van der Waals surface area (Å²) in [5.41, 5.74) is 9.80. The molecule has 3 aromatic rings. The number of aromatic nitrogens is 3. The number of rotatable bonds is 8. The summed E-state index contributed by atoms with van der Waals surface area (Å²) < 4.78 is 0. The minimum Gasteiger partial charge on any atom is -0.368 e. The molecule has 0 unspecified atom stereocenters. The number of anilines is 4. The number of hydrogen-bond donors (Lipinski definition) is 3. The summed E-state index contributed by atoms with van der Waals surface area (Å²) in [5, 5.41) is 6.08. The molecule has 8 heteroatoms. The third-order valence-corrected chi connectivity index (χ3v) is 5.10. The summed E-state index contributed by atoms with van der Waals surface area (Å²) in [6.07, 6.45) is 0.929. The molecule has 4 N–H and O–H groups in total. The van der Waals surface area contributed by atoms with Crippen LogP contribution in [0.4, 0.5) is 23.3 Å². The molecule has 0 aliphatic heterocycles. The Morgan fingerprint density at radius 2 is 1.93 bits per heavy atom. The van der Waals surface area contributed by atoms with E-state index >= 15 is 0 Å². The van der Waals surface area contributed by atoms with E-state index in [2.05, 4.69) is 32.5 Å². The number of amides is 1. The minimum atomic E-state index is -0.0662. The molecule has 1 aromatic heterocycles. The zero-order valence-corrected chi connectivity index (χ0v) is 17.3. The second-order valence-corrected chi connectivity index (χ2v) is 7.45. The monoisotopic (exact) mass is 408 g/mol. The molecule has 0 aliphatic rings. The summed E-state index contributed by atoms with van der Waals surface area (Å²) in [6, 6.07) is 15.7. The second-order valence-electron chi connectivity index (χ2n) is 6.47. The number of aryl methyl sites for hydroxylation is 2. The Bertz CT molecular complexity index is 994. The largest absolute Gasteiger partial charge is 0.368 e. The Morgan fingerprint density at radius 3 is 2.72 bits per heavy atom. The number of carbonyl (C=O) groups is 1. The molecule has 0 saturated carbocycles. The van der Waals surface area contributed by atoms with Gasteiger partial charge in [0.1, 0.15) is 5.82 Å². The van der Waals surface area contributed by atoms with Gasteiger partial charge in [0.05, 0.1) is 11.5 Å². The first kappa shape index (κ1) is 20.6. The van der Waals surface area contributed by atoms with E-state index in [1.165, 1.54) is 17.3 Å². The van der Waals surface area contributed by atoms with Crippen molar-refractivity contribution >= 4 is 40.9 Å². The lowest BCUT2D eigenvalue weighted by Crippen LogP contribution is -2.14. The summed E-state index contributed by atoms with van der Waals surface area (Å²) >= 11 is 1.42. The average Bonchev–Trinajstić information content (AvgIpc) is 2.69. The van der Waals surface area contributed by atoms with Crippen molar-refractivity contribution in [3.63, 3.8) is 0 Å². The maximum Gasteiger partial charge on any atom is 0.234 e. The van der Waals surface area contributed by atoms with Crippen molar-refractivity contribution in [1.82, 2.24) is 15.0 Å². The molecule has 0 atom stereocenters. The average molecular weight is 409 g/mol. The van der Waals surface area contributed by atoms with Gasteiger partial charge in [0.2, 0.25) is 17.8 Å². The fourth-order valence-corrected chi connectivity index (χ4v) is 3.36. The van der Waals surface area contributed by atoms with Crippen LogP contribution in [-0.4, -0.2) is 26.6 Å². The van der Waals surface area contributed by atoms with Crippen molar-refractivity contribution < 1.29 is 4.79 Å². The lowest BCUT2D eigenvalue weighted by Gasteiger charge is -2.09. The van der Waals surface area contributed by atoms with Gasteiger partial charge in [-0.2, -0.15) is 15.0 Å². The van der Waals surface area contributed by atoms with Crippen LogP contribution in [0.2, 0.25) is 0 Å². The third kappa shape index (κ3) is 6.18. The van der Waals surface area contributed by atoms with Crippen molar-refractivity contribution in [2.24, 2.45) is 0 Å². The van der Waals surface area contributed by atoms with Gasteiger partial charge in [0, 0.05) is 11.4 Å². The number of para-hydroxylation sites is 1. The van der Waals surface area contributed by atoms with Gasteiger partial charge in [-0.25, -0.2) is 0 Å². The standard InChI is InChI=1S/C21H24N6OS/c1-3-15-8-6-9-16(11-15)23-19(28)13-29-12-18-25-20(22)27-21(26-18)24-17-10-5-4-7-14(17)2/h4-11H,3,12-13H2,1-2H3,(H,23,28)(H3,22,24,25,26,27). The van der Waals surface area contributed by atoms with E-state index in [4.69, 9.17) is 5.73 Å². The predicted molar refractivity (Wildman–Crippen MR) is 119 cm³/mol. The van der Waals surface area contributed by atoms with Gasteiger partial charge >= 0.3 is 0 Å². The van der Waals surface area contributed by atoms with Crippen molar-refractivity contribution in [1.29, 1.82) is 0 Å². The minimum absolute atomic E-state index is 0.0662. The quantitative estimate of drug-likeness (QED) is 0.518. The highest BCUT2D eigenvalue weighted by molar-refractivity contribution is 7.99. The Kier molecular flexibility index (Phi) is 7.02. The molecule has 1 heterocycles. The molecule has 1 amide bonds. The molecular weight excluding hydrogens is 384 g/mol. The summed E-state index contributed by atoms with van der Waals surface area (Å²) in [5.74, 6) is 1.75. The van der Waals surface area contributed by atoms with Crippen LogP contribution in [0, 0.1) is 6.92 Å². The number of nitrogens with one attached hydrogen (secondary N) is 2. The van der Waals surface area contributed by atoms with Gasteiger partial charge in [0.25, 0.3) is 0 Å². The van der Waals surface area contributed by atoms with Crippen molar-refractivity contribution in [2.75, 3.05) is 22.1 Å². The van der Waals surface area contributed by atoms with Crippen LogP contribution in [0.1, 0.15) is 23.9 Å². The van der Waals surface area contributed by atoms with E-state index in [9.17, 15) is 4.79 Å². The van der Waals surface area contributed by atoms with E-state index in [-0.39, 0.29) is 11.9 Å². The first-order valence-electron chi connectivity index (χ1n) is 9.33. The lowest BCUT2D eigenvalue weighted by molar-refractivity contribution is -0.113. The smallest absolute Gasteiger partial charge is 0.234 e. The lowest BCUT2D eigenvalue weighted by atomic mass is 10.1. The van der Waals surface area contributed by atoms with E-state index in [0.717, 1.165) is 23.4 Å². The van der Waals surface area contributed by atoms with Crippen LogP contribution >= 0.6 is 11.8 Å². The third-order valence-electron chi connectivity index (χ3n) is 4.17. The molecule has 0 spiro atoms. The van der Waals surface area contributed by atoms with Crippen LogP contribution < -0.4 is 16.4 Å². The van der Waals surface area contributed by atoms with E-state index in [0.29, 0.717) is 23.3 Å². The Hall–Kier alpha value is -3.13. The molecule has 3 rings (SSSR count). The molecule has 150 valence electrons. The Balaban J connectivity index is 1.55. The van der Waals surface area contributed by atoms with Gasteiger partial charge in [-0.1, -0.05) is 37.3 Å². The number of nitrogen functional groups attached to an aromatic ring is 1. The molecule has 29 heavy (non-hydrogen) atoms. The number of thioether (sulfide) groups is 1. The second kappa shape index (κ2) is 9.88. The van der Waals surface area contributed by atoms with E-state index < -0.39 is 0 Å². The fourth-order valence-electron chi connectivity index (χ4n) is 2.69. The number of nitrogens with zero attached hydrogens (tertiary/aromatic N) is 3. The van der Waals surface area contributed by atoms with Gasteiger partial charge < -0.3 is 16.4 Å². The molecular formula is C21H24N6OS. The van der Waals surface area contributed by atoms with Gasteiger partial charge in [-0.15, -0.1) is 11.8 Å². The maximum atomic E-state index is 12.2. The topological polar surface area (TPSA) is 106 Å². The van der Waals surface area contributed by atoms with Gasteiger partial charge in [0.15, 0.2) is 0 Å². The molecule has 0 aliphatic carbocycles. The maximum absolute atomic E-state index is 12.2. The molecule has 2 aromatic carbocycles. The van der Waals surface area contributed by atoms with Crippen LogP contribution in [0.25, 0.3) is 0 Å². The van der Waals surface area contributed by atoms with Crippen LogP contribution in [0.15, 0.2) is 48.5 Å². The molecule has 0 saturated heterocycles. The Morgan fingerprint density at radius 1 is 1.10 bits per heavy atom. The highest BCUT2D eigenvalue weighted by Crippen LogP contribution is 2.19. The van der Waals surface area contributed by atoms with Crippen molar-refractivity contribution in [3.8, 4) is 0 Å². The summed E-state index contributed by atoms with van der Waals surface area (Å²) in [4.78, 5) is 24.9. The highest BCUT2D eigenvalue weighted by atomic mass is 32.2. The van der Waals surface area contributed by atoms with Gasteiger partial charge in [-0.3, -0.25) is 4.79 Å². The summed E-state index contributed by atoms with van der Waals surface area (Å²) in [6.45, 7) is 4.08. The molecule has 7 nitrogen and oxygen atoms in total. The van der Waals surface area contributed by atoms with E-state index in [1.54, 1.807) is 0 Å². The SMILES string of the molecule is CCc1cccc(NC(=O)CSCc2nc(N)nc(Nc3ccccc3C)n2)c1. The Labute approximate surface area is 174 Å². The molecule has 0 radical (unpaired) electrons. The van der Waals surface area contributed by atoms with E-state index in [1.807, 2.05) is 55.5 Å². The van der Waals surface area contributed by atoms with Crippen LogP contribution in [-0.2, 0) is 17.0 Å². The first-order valence-corrected chi connectivity index (χ1v) is 10.5. The number of carbonyl (C=O) groups excluding carboxylic acids is 1. The number of nitrogens with two attached hydrogens (primary N) is 1. The number of hydrogen-bond acceptors (Lipinski definition) is 7. The molecule has 0 bridgehead atoms. The van der Waals surface area contributed by atoms with Crippen molar-refractivity contribution in [3.05, 3.63) is 65.5 Å². The fraction of sp³-hybridized carbons (Fsp3) is 0.238. The van der Waals surface area contributed by atoms with Crippen molar-refractivity contribution in [2.45, 2.75) is 26.0 Å². The van der Waals surface area contributed by atoms with Crippen LogP contribution in [0.3, 0.4) is 0 Å². The van der Waals surface area contributed by atoms with Crippen LogP contribution in [0.5, 0.6) is 0 Å². The first-order chi connectivity index (χ1) is 14.0. The normalized spacial score (nSPS) is 10.6. The van der Waals surface area contributed by atoms with Gasteiger partial charge in [-0.05, 0) is 42.7 Å². The number of benzene rings is 2. The zero-order valence-electron chi connectivity index (χ0n) is 16.5. The highest BCUT2D eigenvalue weighted by Gasteiger charge is 2.08. The molecule has 0 fully saturated rings. The summed E-state index contributed by atoms with van der Waals surface area (Å²) in [7, 11) is 0. The zero-order chi connectivity index (χ0) is 20.6. The predicted octanol–water partition coefficient (Wildman–Crippen LogP) is 3.94.